The van der Waals surface area contributed by atoms with Crippen LogP contribution < -0.4 is 19.6 Å². The molecule has 59 heavy (non-hydrogen) atoms. The molecule has 0 aliphatic carbocycles. The van der Waals surface area contributed by atoms with Gasteiger partial charge in [-0.05, 0) is 0 Å². The third kappa shape index (κ3) is 103. The minimum absolute atomic E-state index is 0. The molecule has 0 spiro atoms. The minimum Gasteiger partial charge on any atom is -0.477 e. The summed E-state index contributed by atoms with van der Waals surface area (Å²) in [5.41, 5.74) is 0. The van der Waals surface area contributed by atoms with E-state index in [-0.39, 0.29) is 252 Å². The predicted octanol–water partition coefficient (Wildman–Crippen LogP) is -17.1. The van der Waals surface area contributed by atoms with Crippen LogP contribution in [0.4, 0.5) is 0 Å². The van der Waals surface area contributed by atoms with Gasteiger partial charge in [-0.25, -0.2) is 38.4 Å². The van der Waals surface area contributed by atoms with E-state index in [9.17, 15) is 38.4 Å². The second-order valence-electron chi connectivity index (χ2n) is 7.86. The molecule has 34 N–H and O–H groups in total. The van der Waals surface area contributed by atoms with Crippen LogP contribution in [-0.2, 0) is 196 Å². The van der Waals surface area contributed by atoms with Crippen molar-refractivity contribution in [3.05, 3.63) is 39.7 Å². The minimum atomic E-state index is -1.23. The standard InChI is InChI=1S/2C10H14N2O8.2CH3.11H2O.6Zr/c2*13-7(14)3-11(4-8(15)16)1-2-12(5-9(17)18)6-10(19)20;;;;;;;;;;;;;;;;;;;/h2*1-2H,3-6H2,(H,13,14)(H,15,16)(H,17,18)(H,19,20);2*1H3;11*1H2;;;;;;/q;;2*-1;;;;;;;;;;;;;;;;;/p+4/b2*2-1-;;;;;;;;;;;;;;;;;;;. The zero-order valence-corrected chi connectivity index (χ0v) is 46.1. The fraction of sp³-hybridized carbons (Fsp3) is 0.364. The first-order valence-corrected chi connectivity index (χ1v) is 10.9. The fourth-order valence-electron chi connectivity index (χ4n) is 2.75. The summed E-state index contributed by atoms with van der Waals surface area (Å²) in [4.78, 5) is 84.6. The number of hydrogen-bond acceptors (Lipinski definition) is 8. The van der Waals surface area contributed by atoms with Crippen LogP contribution in [0.1, 0.15) is 0 Å². The molecule has 352 valence electrons. The Morgan fingerprint density at radius 3 is 0.373 bits per heavy atom. The molecule has 0 heterocycles. The van der Waals surface area contributed by atoms with E-state index in [1.165, 1.54) is 0 Å². The molecule has 0 aromatic carbocycles. The maximum absolute atomic E-state index is 10.5. The molecule has 0 saturated carbocycles. The van der Waals surface area contributed by atoms with Crippen molar-refractivity contribution in [1.82, 2.24) is 0 Å². The molecule has 31 nitrogen and oxygen atoms in total. The summed E-state index contributed by atoms with van der Waals surface area (Å²) in [6.07, 6.45) is 4.57. The van der Waals surface area contributed by atoms with Gasteiger partial charge in [-0.15, -0.1) is 0 Å². The summed E-state index contributed by atoms with van der Waals surface area (Å²) in [7, 11) is 0. The first kappa shape index (κ1) is 137. The average Bonchev–Trinajstić information content (AvgIpc) is 2.72. The first-order chi connectivity index (χ1) is 18.4. The number of rotatable bonds is 20. The van der Waals surface area contributed by atoms with E-state index in [1.807, 2.05) is 0 Å². The average molecular weight is 1360 g/mol. The first-order valence-electron chi connectivity index (χ1n) is 10.9. The van der Waals surface area contributed by atoms with Crippen LogP contribution in [0.15, 0.2) is 24.8 Å². The molecule has 0 aromatic rings. The molecule has 0 amide bonds. The number of carboxylic acids is 8. The smallest absolute Gasteiger partial charge is 0.359 e. The Kier molecular flexibility index (Phi) is 190. The van der Waals surface area contributed by atoms with Crippen molar-refractivity contribution in [1.29, 1.82) is 0 Å². The van der Waals surface area contributed by atoms with Crippen LogP contribution >= 0.6 is 0 Å². The topological polar surface area (TPSA) is 663 Å². The van der Waals surface area contributed by atoms with Gasteiger partial charge in [0.05, 0.1) is 0 Å². The fourth-order valence-corrected chi connectivity index (χ4v) is 2.75. The third-order valence-electron chi connectivity index (χ3n) is 4.14. The molecule has 0 aliphatic heterocycles. The van der Waals surface area contributed by atoms with E-state index in [0.717, 1.165) is 24.8 Å². The number of hydrogen-bond donors (Lipinski definition) is 12. The molecule has 0 radical (unpaired) electrons. The van der Waals surface area contributed by atoms with Gasteiger partial charge < -0.3 is 116 Å². The van der Waals surface area contributed by atoms with E-state index in [0.29, 0.717) is 0 Å². The number of aliphatic carboxylic acids is 8. The maximum Gasteiger partial charge on any atom is 0.359 e. The van der Waals surface area contributed by atoms with E-state index in [2.05, 4.69) is 0 Å². The quantitative estimate of drug-likeness (QED) is 0.0504. The van der Waals surface area contributed by atoms with Crippen molar-refractivity contribution in [3.8, 4) is 0 Å². The zero-order valence-electron chi connectivity index (χ0n) is 31.3. The van der Waals surface area contributed by atoms with Crippen molar-refractivity contribution in [2.45, 2.75) is 0 Å². The molecule has 0 bridgehead atoms. The maximum atomic E-state index is 10.5. The summed E-state index contributed by atoms with van der Waals surface area (Å²) in [6, 6.07) is 0. The zero-order chi connectivity index (χ0) is 31.4. The molecule has 0 atom stereocenters. The normalized spacial score (nSPS) is 7.53. The van der Waals surface area contributed by atoms with Crippen LogP contribution in [0.2, 0.25) is 0 Å². The van der Waals surface area contributed by atoms with E-state index in [1.54, 1.807) is 0 Å². The molecule has 0 fully saturated rings. The Bertz CT molecular complexity index is 820. The van der Waals surface area contributed by atoms with E-state index < -0.39 is 100 Å². The van der Waals surface area contributed by atoms with Gasteiger partial charge in [0.25, 0.3) is 0 Å². The summed E-state index contributed by atoms with van der Waals surface area (Å²) in [5.74, 6) is -9.86. The molecule has 0 rings (SSSR count). The van der Waals surface area contributed by atoms with Crippen LogP contribution in [0.5, 0.6) is 0 Å². The number of carboxylic acid groups (broad SMARTS) is 8. The largest absolute Gasteiger partial charge is 0.477 e. The van der Waals surface area contributed by atoms with Crippen LogP contribution in [0.3, 0.4) is 0 Å². The predicted molar refractivity (Wildman–Crippen MR) is 175 cm³/mol. The molecular formula is C22H60N4O27Zr6+2. The van der Waals surface area contributed by atoms with Gasteiger partial charge in [-0.2, -0.15) is 0 Å². The number of nitrogens with one attached hydrogen (secondary N) is 4. The summed E-state index contributed by atoms with van der Waals surface area (Å²) < 4.78 is 0. The van der Waals surface area contributed by atoms with Crippen molar-refractivity contribution in [2.24, 2.45) is 0 Å². The van der Waals surface area contributed by atoms with Gasteiger partial charge in [-0.1, -0.05) is 0 Å². The molecule has 0 aliphatic rings. The van der Waals surface area contributed by atoms with Crippen molar-refractivity contribution < 1.29 is 316 Å². The second kappa shape index (κ2) is 81.7. The third-order valence-corrected chi connectivity index (χ3v) is 4.14. The number of carbonyl (C=O) groups is 8. The SMILES string of the molecule is O.O.O.O.O.O.O.O.O.O.O.O=C(O)C[NH+](/C=C\[NH+](CC(=O)O)CC(=O)O)CC(=O)O.O=C(O)C[NH+](/C=C\[NH+](CC(=O)O)CC(=O)O)CC(=O)O.[CH3-].[CH3-].[Zr].[Zr].[Zr].[Zr].[Zr].[Zr]. The van der Waals surface area contributed by atoms with Crippen LogP contribution in [0, 0.1) is 14.9 Å². The van der Waals surface area contributed by atoms with Crippen LogP contribution in [0.25, 0.3) is 0 Å². The van der Waals surface area contributed by atoms with E-state index in [4.69, 9.17) is 40.9 Å². The summed E-state index contributed by atoms with van der Waals surface area (Å²) in [5, 5.41) is 68.9. The molecule has 0 aromatic heterocycles. The van der Waals surface area contributed by atoms with Crippen molar-refractivity contribution in [3.63, 3.8) is 0 Å². The Labute approximate surface area is 451 Å². The van der Waals surface area contributed by atoms with Gasteiger partial charge in [0.15, 0.2) is 52.4 Å². The van der Waals surface area contributed by atoms with Gasteiger partial charge in [0.1, 0.15) is 24.8 Å². The molecule has 37 heteroatoms. The van der Waals surface area contributed by atoms with E-state index >= 15 is 0 Å². The molecular weight excluding hydrogens is 1300 g/mol. The van der Waals surface area contributed by atoms with Crippen molar-refractivity contribution in [2.75, 3.05) is 52.4 Å². The van der Waals surface area contributed by atoms with Gasteiger partial charge in [0, 0.05) is 157 Å². The monoisotopic (exact) mass is 1350 g/mol. The Hall–Kier alpha value is -0.0613. The Morgan fingerprint density at radius 1 is 0.254 bits per heavy atom. The Balaban J connectivity index is -0.0000000195. The van der Waals surface area contributed by atoms with Gasteiger partial charge >= 0.3 is 47.8 Å². The molecule has 0 unspecified atom stereocenters. The van der Waals surface area contributed by atoms with Gasteiger partial charge in [-0.3, -0.25) is 19.6 Å². The summed E-state index contributed by atoms with van der Waals surface area (Å²) in [6.45, 7) is -4.14. The Morgan fingerprint density at radius 2 is 0.322 bits per heavy atom. The number of quaternary nitrogens is 4. The van der Waals surface area contributed by atoms with Crippen molar-refractivity contribution >= 4 is 47.8 Å². The summed E-state index contributed by atoms with van der Waals surface area (Å²) >= 11 is 0. The molecule has 0 saturated heterocycles. The van der Waals surface area contributed by atoms with Crippen LogP contribution in [-0.4, -0.2) is 201 Å². The van der Waals surface area contributed by atoms with Gasteiger partial charge in [0.2, 0.25) is 0 Å². The second-order valence-corrected chi connectivity index (χ2v) is 7.86.